The fourth-order valence-electron chi connectivity index (χ4n) is 4.40. The number of hydrogen-bond donors (Lipinski definition) is 1. The normalized spacial score (nSPS) is 12.2. The Kier molecular flexibility index (Phi) is 7.26. The topological polar surface area (TPSA) is 98.2 Å². The molecule has 2 heterocycles. The van der Waals surface area contributed by atoms with Gasteiger partial charge in [-0.15, -0.1) is 0 Å². The minimum Gasteiger partial charge on any atom is -0.440 e. The number of alkyl halides is 3. The number of oxazole rings is 1. The second-order valence-electron chi connectivity index (χ2n) is 9.18. The van der Waals surface area contributed by atoms with E-state index in [9.17, 15) is 31.1 Å². The van der Waals surface area contributed by atoms with Crippen LogP contribution in [0.4, 0.5) is 17.6 Å². The minimum atomic E-state index is -4.68. The number of sulfone groups is 1. The molecule has 13 heteroatoms. The van der Waals surface area contributed by atoms with Crippen molar-refractivity contribution in [3.05, 3.63) is 95.1 Å². The Morgan fingerprint density at radius 1 is 1.02 bits per heavy atom. The molecule has 0 aliphatic heterocycles. The maximum atomic E-state index is 14.9. The molecule has 3 aromatic carbocycles. The van der Waals surface area contributed by atoms with Crippen LogP contribution in [0.25, 0.3) is 39.4 Å². The first-order chi connectivity index (χ1) is 19.3. The molecule has 0 radical (unpaired) electrons. The van der Waals surface area contributed by atoms with E-state index in [1.807, 2.05) is 0 Å². The highest BCUT2D eigenvalue weighted by atomic mass is 35.5. The summed E-state index contributed by atoms with van der Waals surface area (Å²) >= 11 is 6.04. The lowest BCUT2D eigenvalue weighted by Gasteiger charge is -2.14. The molecular weight excluding hydrogens is 586 g/mol. The van der Waals surface area contributed by atoms with Crippen molar-refractivity contribution in [2.24, 2.45) is 0 Å². The molecule has 0 unspecified atom stereocenters. The van der Waals surface area contributed by atoms with Gasteiger partial charge in [0.25, 0.3) is 0 Å². The van der Waals surface area contributed by atoms with Crippen molar-refractivity contribution in [1.82, 2.24) is 14.5 Å². The van der Waals surface area contributed by atoms with Gasteiger partial charge in [-0.1, -0.05) is 17.7 Å². The van der Waals surface area contributed by atoms with E-state index in [-0.39, 0.29) is 33.3 Å². The van der Waals surface area contributed by atoms with Crippen LogP contribution in [-0.2, 0) is 22.6 Å². The lowest BCUT2D eigenvalue weighted by Crippen LogP contribution is -2.06. The van der Waals surface area contributed by atoms with Crippen LogP contribution in [0.3, 0.4) is 0 Å². The third-order valence-electron chi connectivity index (χ3n) is 6.29. The van der Waals surface area contributed by atoms with Gasteiger partial charge < -0.3 is 14.1 Å². The Morgan fingerprint density at radius 3 is 2.32 bits per heavy atom. The zero-order valence-electron chi connectivity index (χ0n) is 21.4. The zero-order valence-corrected chi connectivity index (χ0v) is 22.9. The van der Waals surface area contributed by atoms with Crippen molar-refractivity contribution in [3.63, 3.8) is 0 Å². The number of imidazole rings is 1. The van der Waals surface area contributed by atoms with Gasteiger partial charge in [-0.05, 0) is 59.7 Å². The SMILES string of the molecule is Cc1nc(-c2cc(-c3cc(F)c(CO)c(S(C)(=O)=O)c3)ccc2-n2cnc(C(F)(F)F)c2)c(-c2ccc(Cl)cc2)o1. The molecule has 1 N–H and O–H groups in total. The summed E-state index contributed by atoms with van der Waals surface area (Å²) in [5.41, 5.74) is 0.391. The summed E-state index contributed by atoms with van der Waals surface area (Å²) in [7, 11) is -3.92. The Balaban J connectivity index is 1.78. The van der Waals surface area contributed by atoms with Crippen molar-refractivity contribution in [3.8, 4) is 39.4 Å². The van der Waals surface area contributed by atoms with Crippen LogP contribution < -0.4 is 0 Å². The molecule has 0 saturated heterocycles. The molecule has 0 aliphatic rings. The molecule has 0 bridgehead atoms. The summed E-state index contributed by atoms with van der Waals surface area (Å²) in [6, 6.07) is 13.5. The first kappa shape index (κ1) is 28.5. The smallest absolute Gasteiger partial charge is 0.434 e. The molecule has 5 rings (SSSR count). The number of aliphatic hydroxyl groups excluding tert-OH is 1. The van der Waals surface area contributed by atoms with Crippen molar-refractivity contribution in [1.29, 1.82) is 0 Å². The molecule has 0 atom stereocenters. The average Bonchev–Trinajstić information content (AvgIpc) is 3.55. The molecule has 0 aliphatic carbocycles. The maximum Gasteiger partial charge on any atom is 0.434 e. The zero-order chi connectivity index (χ0) is 29.7. The highest BCUT2D eigenvalue weighted by molar-refractivity contribution is 7.90. The largest absolute Gasteiger partial charge is 0.440 e. The van der Waals surface area contributed by atoms with E-state index in [1.165, 1.54) is 22.8 Å². The number of rotatable bonds is 6. The lowest BCUT2D eigenvalue weighted by molar-refractivity contribution is -0.140. The average molecular weight is 606 g/mol. The quantitative estimate of drug-likeness (QED) is 0.212. The Hall–Kier alpha value is -4.00. The number of aliphatic hydroxyl groups is 1. The number of aromatic nitrogens is 3. The van der Waals surface area contributed by atoms with Crippen molar-refractivity contribution in [2.75, 3.05) is 6.26 Å². The van der Waals surface area contributed by atoms with Crippen LogP contribution >= 0.6 is 11.6 Å². The summed E-state index contributed by atoms with van der Waals surface area (Å²) in [6.07, 6.45) is -1.95. The molecule has 0 amide bonds. The molecular formula is C28H20ClF4N3O4S. The van der Waals surface area contributed by atoms with Gasteiger partial charge in [0, 0.05) is 41.1 Å². The van der Waals surface area contributed by atoms with E-state index in [0.717, 1.165) is 24.8 Å². The molecule has 0 spiro atoms. The highest BCUT2D eigenvalue weighted by Crippen LogP contribution is 2.40. The van der Waals surface area contributed by atoms with Crippen molar-refractivity contribution >= 4 is 21.4 Å². The van der Waals surface area contributed by atoms with E-state index in [4.69, 9.17) is 16.0 Å². The van der Waals surface area contributed by atoms with Gasteiger partial charge in [0.15, 0.2) is 27.2 Å². The summed E-state index contributed by atoms with van der Waals surface area (Å²) in [5.74, 6) is -0.368. The maximum absolute atomic E-state index is 14.9. The number of hydrogen-bond acceptors (Lipinski definition) is 6. The predicted octanol–water partition coefficient (Wildman–Crippen LogP) is 6.88. The second kappa shape index (κ2) is 10.4. The third kappa shape index (κ3) is 5.63. The summed E-state index contributed by atoms with van der Waals surface area (Å²) in [5, 5.41) is 10.1. The Bertz CT molecular complexity index is 1880. The van der Waals surface area contributed by atoms with Gasteiger partial charge in [0.2, 0.25) is 0 Å². The van der Waals surface area contributed by atoms with E-state index >= 15 is 0 Å². The van der Waals surface area contributed by atoms with Crippen LogP contribution in [0.1, 0.15) is 17.1 Å². The van der Waals surface area contributed by atoms with E-state index in [1.54, 1.807) is 37.3 Å². The number of benzene rings is 3. The molecule has 212 valence electrons. The number of aryl methyl sites for hydroxylation is 1. The lowest BCUT2D eigenvalue weighted by atomic mass is 9.97. The van der Waals surface area contributed by atoms with E-state index < -0.39 is 34.1 Å². The third-order valence-corrected chi connectivity index (χ3v) is 7.70. The van der Waals surface area contributed by atoms with Gasteiger partial charge in [0.1, 0.15) is 11.5 Å². The fourth-order valence-corrected chi connectivity index (χ4v) is 5.48. The van der Waals surface area contributed by atoms with Gasteiger partial charge in [0.05, 0.1) is 23.5 Å². The Labute approximate surface area is 236 Å². The predicted molar refractivity (Wildman–Crippen MR) is 144 cm³/mol. The van der Waals surface area contributed by atoms with E-state index in [2.05, 4.69) is 9.97 Å². The fraction of sp³-hybridized carbons (Fsp3) is 0.143. The number of halogens is 5. The van der Waals surface area contributed by atoms with Gasteiger partial charge in [-0.25, -0.2) is 22.8 Å². The van der Waals surface area contributed by atoms with Gasteiger partial charge in [-0.2, -0.15) is 13.2 Å². The molecule has 5 aromatic rings. The van der Waals surface area contributed by atoms with Crippen LogP contribution in [0.2, 0.25) is 5.02 Å². The highest BCUT2D eigenvalue weighted by Gasteiger charge is 2.34. The molecule has 7 nitrogen and oxygen atoms in total. The van der Waals surface area contributed by atoms with Crippen LogP contribution in [0.15, 0.2) is 76.4 Å². The van der Waals surface area contributed by atoms with Crippen LogP contribution in [-0.4, -0.2) is 34.3 Å². The molecule has 0 fully saturated rings. The molecule has 0 saturated carbocycles. The van der Waals surface area contributed by atoms with Crippen molar-refractivity contribution < 1.29 is 35.5 Å². The van der Waals surface area contributed by atoms with Gasteiger partial charge in [-0.3, -0.25) is 0 Å². The minimum absolute atomic E-state index is 0.155. The first-order valence-electron chi connectivity index (χ1n) is 11.9. The van der Waals surface area contributed by atoms with Gasteiger partial charge >= 0.3 is 6.18 Å². The summed E-state index contributed by atoms with van der Waals surface area (Å²) in [6.45, 7) is 0.774. The van der Waals surface area contributed by atoms with E-state index in [0.29, 0.717) is 27.5 Å². The second-order valence-corrected chi connectivity index (χ2v) is 11.6. The summed E-state index contributed by atoms with van der Waals surface area (Å²) < 4.78 is 86.8. The number of nitrogens with zero attached hydrogens (tertiary/aromatic N) is 3. The molecule has 2 aromatic heterocycles. The molecule has 41 heavy (non-hydrogen) atoms. The van der Waals surface area contributed by atoms with Crippen LogP contribution in [0.5, 0.6) is 0 Å². The monoisotopic (exact) mass is 605 g/mol. The Morgan fingerprint density at radius 2 is 1.71 bits per heavy atom. The standard InChI is InChI=1S/C28H20ClF4N3O4S/c1-15-35-26(27(40-15)16-3-6-19(29)7-4-16)20-9-17(5-8-23(20)36-12-25(34-14-36)28(31,32)33)18-10-22(30)21(13-37)24(11-18)41(2,38)39/h3-12,14,37H,13H2,1-2H3. The first-order valence-corrected chi connectivity index (χ1v) is 14.2. The van der Waals surface area contributed by atoms with Crippen molar-refractivity contribution in [2.45, 2.75) is 24.6 Å². The van der Waals surface area contributed by atoms with Crippen LogP contribution in [0, 0.1) is 12.7 Å². The summed E-state index contributed by atoms with van der Waals surface area (Å²) in [4.78, 5) is 7.60.